The van der Waals surface area contributed by atoms with Crippen LogP contribution in [0.15, 0.2) is 54.6 Å². The largest absolute Gasteiger partial charge is 0.493 e. The van der Waals surface area contributed by atoms with Crippen LogP contribution >= 0.6 is 0 Å². The molecule has 2 aromatic carbocycles. The molecule has 4 nitrogen and oxygen atoms in total. The number of rotatable bonds is 4. The van der Waals surface area contributed by atoms with Crippen LogP contribution < -0.4 is 9.47 Å². The van der Waals surface area contributed by atoms with Gasteiger partial charge in [-0.1, -0.05) is 24.3 Å². The van der Waals surface area contributed by atoms with E-state index in [0.29, 0.717) is 17.1 Å². The predicted octanol–water partition coefficient (Wildman–Crippen LogP) is 3.45. The van der Waals surface area contributed by atoms with Crippen molar-refractivity contribution in [3.63, 3.8) is 0 Å². The lowest BCUT2D eigenvalue weighted by molar-refractivity contribution is 0.0729. The van der Waals surface area contributed by atoms with E-state index in [4.69, 9.17) is 14.7 Å². The van der Waals surface area contributed by atoms with E-state index in [1.807, 2.05) is 12.1 Å². The summed E-state index contributed by atoms with van der Waals surface area (Å²) in [6.45, 7) is 0. The van der Waals surface area contributed by atoms with Gasteiger partial charge in [0.1, 0.15) is 0 Å². The van der Waals surface area contributed by atoms with E-state index >= 15 is 0 Å². The van der Waals surface area contributed by atoms with Gasteiger partial charge in [0.05, 0.1) is 18.7 Å². The highest BCUT2D eigenvalue weighted by atomic mass is 16.6. The smallest absolute Gasteiger partial charge is 0.343 e. The Labute approximate surface area is 122 Å². The number of allylic oxidation sites excluding steroid dienone is 1. The lowest BCUT2D eigenvalue weighted by Gasteiger charge is -2.09. The molecule has 0 radical (unpaired) electrons. The lowest BCUT2D eigenvalue weighted by Crippen LogP contribution is -2.09. The number of esters is 1. The number of nitrogens with zero attached hydrogens (tertiary/aromatic N) is 1. The van der Waals surface area contributed by atoms with Crippen LogP contribution in [0.1, 0.15) is 15.9 Å². The van der Waals surface area contributed by atoms with Gasteiger partial charge in [0.2, 0.25) is 0 Å². The molecule has 0 amide bonds. The Balaban J connectivity index is 2.22. The normalized spacial score (nSPS) is 10.1. The van der Waals surface area contributed by atoms with Gasteiger partial charge < -0.3 is 9.47 Å². The molecule has 0 aliphatic rings. The van der Waals surface area contributed by atoms with Gasteiger partial charge in [-0.3, -0.25) is 0 Å². The summed E-state index contributed by atoms with van der Waals surface area (Å²) in [6, 6.07) is 15.7. The highest BCUT2D eigenvalue weighted by molar-refractivity contribution is 5.91. The Morgan fingerprint density at radius 3 is 2.57 bits per heavy atom. The summed E-state index contributed by atoms with van der Waals surface area (Å²) in [5, 5.41) is 8.52. The zero-order valence-corrected chi connectivity index (χ0v) is 11.4. The molecular weight excluding hydrogens is 266 g/mol. The van der Waals surface area contributed by atoms with Crippen molar-refractivity contribution in [2.24, 2.45) is 0 Å². The van der Waals surface area contributed by atoms with Gasteiger partial charge in [-0.25, -0.2) is 4.79 Å². The second kappa shape index (κ2) is 6.92. The van der Waals surface area contributed by atoms with Gasteiger partial charge in [-0.15, -0.1) is 0 Å². The van der Waals surface area contributed by atoms with Crippen molar-refractivity contribution in [2.75, 3.05) is 7.11 Å². The maximum atomic E-state index is 12.0. The van der Waals surface area contributed by atoms with Crippen molar-refractivity contribution in [3.05, 3.63) is 65.7 Å². The van der Waals surface area contributed by atoms with Gasteiger partial charge >= 0.3 is 5.97 Å². The monoisotopic (exact) mass is 279 g/mol. The van der Waals surface area contributed by atoms with Crippen LogP contribution in [0.3, 0.4) is 0 Å². The van der Waals surface area contributed by atoms with Crippen molar-refractivity contribution < 1.29 is 14.3 Å². The van der Waals surface area contributed by atoms with E-state index in [1.165, 1.54) is 13.2 Å². The summed E-state index contributed by atoms with van der Waals surface area (Å²) in [6.07, 6.45) is 3.01. The topological polar surface area (TPSA) is 59.3 Å². The van der Waals surface area contributed by atoms with Crippen LogP contribution in [0, 0.1) is 11.3 Å². The minimum absolute atomic E-state index is 0.334. The number of benzene rings is 2. The fourth-order valence-corrected chi connectivity index (χ4v) is 1.74. The van der Waals surface area contributed by atoms with E-state index in [0.717, 1.165) is 5.56 Å². The van der Waals surface area contributed by atoms with E-state index in [1.54, 1.807) is 48.5 Å². The van der Waals surface area contributed by atoms with Crippen molar-refractivity contribution in [1.82, 2.24) is 0 Å². The fraction of sp³-hybridized carbons (Fsp3) is 0.0588. The molecule has 0 spiro atoms. The van der Waals surface area contributed by atoms with Crippen LogP contribution in [-0.2, 0) is 0 Å². The molecule has 2 aromatic rings. The molecule has 104 valence electrons. The average Bonchev–Trinajstić information content (AvgIpc) is 2.54. The maximum Gasteiger partial charge on any atom is 0.343 e. The number of nitriles is 1. The Hall–Kier alpha value is -3.06. The number of hydrogen-bond donors (Lipinski definition) is 0. The minimum Gasteiger partial charge on any atom is -0.493 e. The van der Waals surface area contributed by atoms with Crippen molar-refractivity contribution in [3.8, 4) is 17.6 Å². The second-order valence-electron chi connectivity index (χ2n) is 4.13. The molecule has 0 aromatic heterocycles. The molecule has 0 aliphatic heterocycles. The highest BCUT2D eigenvalue weighted by Crippen LogP contribution is 2.29. The summed E-state index contributed by atoms with van der Waals surface area (Å²) < 4.78 is 10.5. The fourth-order valence-electron chi connectivity index (χ4n) is 1.74. The van der Waals surface area contributed by atoms with Crippen LogP contribution in [0.25, 0.3) is 6.08 Å². The maximum absolute atomic E-state index is 12.0. The molecule has 0 atom stereocenters. The third kappa shape index (κ3) is 3.71. The molecule has 0 saturated heterocycles. The zero-order chi connectivity index (χ0) is 15.1. The molecule has 0 aliphatic carbocycles. The minimum atomic E-state index is -0.450. The number of carbonyl (C=O) groups excluding carboxylic acids is 1. The van der Waals surface area contributed by atoms with Gasteiger partial charge in [0.15, 0.2) is 11.5 Å². The summed E-state index contributed by atoms with van der Waals surface area (Å²) in [5.74, 6) is 0.314. The number of ether oxygens (including phenoxy) is 2. The van der Waals surface area contributed by atoms with Crippen LogP contribution in [0.5, 0.6) is 11.5 Å². The van der Waals surface area contributed by atoms with E-state index in [-0.39, 0.29) is 0 Å². The molecule has 0 N–H and O–H groups in total. The number of hydrogen-bond acceptors (Lipinski definition) is 4. The van der Waals surface area contributed by atoms with Crippen molar-refractivity contribution in [1.29, 1.82) is 5.26 Å². The molecule has 0 unspecified atom stereocenters. The SMILES string of the molecule is COc1cc(/C=C\C#N)ccc1OC(=O)c1ccccc1. The van der Waals surface area contributed by atoms with Gasteiger partial charge in [0.25, 0.3) is 0 Å². The first-order chi connectivity index (χ1) is 10.2. The average molecular weight is 279 g/mol. The van der Waals surface area contributed by atoms with E-state index in [2.05, 4.69) is 0 Å². The van der Waals surface area contributed by atoms with Crippen molar-refractivity contribution >= 4 is 12.0 Å². The predicted molar refractivity (Wildman–Crippen MR) is 79.0 cm³/mol. The van der Waals surface area contributed by atoms with Gasteiger partial charge in [-0.2, -0.15) is 5.26 Å². The molecule has 21 heavy (non-hydrogen) atoms. The summed E-state index contributed by atoms with van der Waals surface area (Å²) in [7, 11) is 1.49. The molecule has 0 fully saturated rings. The second-order valence-corrected chi connectivity index (χ2v) is 4.13. The molecule has 2 rings (SSSR count). The summed E-state index contributed by atoms with van der Waals surface area (Å²) >= 11 is 0. The third-order valence-electron chi connectivity index (χ3n) is 2.75. The van der Waals surface area contributed by atoms with Crippen molar-refractivity contribution in [2.45, 2.75) is 0 Å². The standard InChI is InChI=1S/C17H13NO3/c1-20-16-12-13(6-5-11-18)9-10-15(16)21-17(19)14-7-3-2-4-8-14/h2-10,12H,1H3/b6-5-. The first-order valence-electron chi connectivity index (χ1n) is 6.26. The van der Waals surface area contributed by atoms with Crippen LogP contribution in [0.4, 0.5) is 0 Å². The van der Waals surface area contributed by atoms with E-state index in [9.17, 15) is 4.79 Å². The van der Waals surface area contributed by atoms with Gasteiger partial charge in [-0.05, 0) is 35.9 Å². The first-order valence-corrected chi connectivity index (χ1v) is 6.26. The number of carbonyl (C=O) groups is 1. The Bertz CT molecular complexity index is 700. The van der Waals surface area contributed by atoms with Crippen LogP contribution in [-0.4, -0.2) is 13.1 Å². The summed E-state index contributed by atoms with van der Waals surface area (Å²) in [4.78, 5) is 12.0. The number of methoxy groups -OCH3 is 1. The van der Waals surface area contributed by atoms with E-state index < -0.39 is 5.97 Å². The highest BCUT2D eigenvalue weighted by Gasteiger charge is 2.12. The molecule has 0 bridgehead atoms. The molecule has 4 heteroatoms. The molecular formula is C17H13NO3. The Morgan fingerprint density at radius 2 is 1.90 bits per heavy atom. The first kappa shape index (κ1) is 14.4. The van der Waals surface area contributed by atoms with Crippen LogP contribution in [0.2, 0.25) is 0 Å². The van der Waals surface area contributed by atoms with Gasteiger partial charge in [0, 0.05) is 6.08 Å². The third-order valence-corrected chi connectivity index (χ3v) is 2.75. The lowest BCUT2D eigenvalue weighted by atomic mass is 10.2. The Kier molecular flexibility index (Phi) is 4.73. The summed E-state index contributed by atoms with van der Waals surface area (Å²) in [5.41, 5.74) is 1.25. The quantitative estimate of drug-likeness (QED) is 0.488. The zero-order valence-electron chi connectivity index (χ0n) is 11.4. The Morgan fingerprint density at radius 1 is 1.14 bits per heavy atom. The molecule has 0 saturated carbocycles. The molecule has 0 heterocycles.